The van der Waals surface area contributed by atoms with Gasteiger partial charge in [0, 0.05) is 24.2 Å². The Morgan fingerprint density at radius 2 is 2.22 bits per heavy atom. The molecule has 0 fully saturated rings. The van der Waals surface area contributed by atoms with Crippen LogP contribution in [0.1, 0.15) is 5.56 Å². The second-order valence-electron chi connectivity index (χ2n) is 3.48. The van der Waals surface area contributed by atoms with Crippen LogP contribution in [0, 0.1) is 10.1 Å². The van der Waals surface area contributed by atoms with Crippen molar-refractivity contribution >= 4 is 28.4 Å². The van der Waals surface area contributed by atoms with Crippen LogP contribution in [0.2, 0.25) is 0 Å². The SMILES string of the molecule is O=[N+]([O-])c1ccc(C(Cl)=NNC2=NCCN2)cc1. The van der Waals surface area contributed by atoms with E-state index in [2.05, 4.69) is 20.8 Å². The first-order valence-electron chi connectivity index (χ1n) is 5.19. The number of hydrogen-bond donors (Lipinski definition) is 2. The van der Waals surface area contributed by atoms with Crippen molar-refractivity contribution in [2.24, 2.45) is 10.1 Å². The number of nitro groups is 1. The lowest BCUT2D eigenvalue weighted by Gasteiger charge is -2.02. The van der Waals surface area contributed by atoms with Gasteiger partial charge in [0.1, 0.15) is 0 Å². The lowest BCUT2D eigenvalue weighted by Crippen LogP contribution is -2.30. The normalized spacial score (nSPS) is 14.9. The van der Waals surface area contributed by atoms with E-state index < -0.39 is 4.92 Å². The van der Waals surface area contributed by atoms with E-state index in [0.29, 0.717) is 18.1 Å². The molecule has 0 aliphatic carbocycles. The first kappa shape index (κ1) is 12.3. The lowest BCUT2D eigenvalue weighted by molar-refractivity contribution is -0.384. The van der Waals surface area contributed by atoms with Crippen molar-refractivity contribution < 1.29 is 4.92 Å². The molecule has 8 heteroatoms. The molecule has 1 aliphatic rings. The Balaban J connectivity index is 2.05. The van der Waals surface area contributed by atoms with Crippen LogP contribution in [0.25, 0.3) is 0 Å². The van der Waals surface area contributed by atoms with Crippen molar-refractivity contribution in [3.8, 4) is 0 Å². The molecular formula is C10H10ClN5O2. The fourth-order valence-electron chi connectivity index (χ4n) is 1.36. The Hall–Kier alpha value is -2.15. The number of hydrogen-bond acceptors (Lipinski definition) is 6. The summed E-state index contributed by atoms with van der Waals surface area (Å²) in [5.41, 5.74) is 3.28. The van der Waals surface area contributed by atoms with Gasteiger partial charge in [0.2, 0.25) is 5.96 Å². The first-order chi connectivity index (χ1) is 8.66. The number of rotatable bonds is 3. The Bertz CT molecular complexity index is 512. The minimum atomic E-state index is -0.468. The summed E-state index contributed by atoms with van der Waals surface area (Å²) in [6.07, 6.45) is 0. The molecule has 0 bridgehead atoms. The fraction of sp³-hybridized carbons (Fsp3) is 0.200. The summed E-state index contributed by atoms with van der Waals surface area (Å²) >= 11 is 5.95. The smallest absolute Gasteiger partial charge is 0.269 e. The highest BCUT2D eigenvalue weighted by Crippen LogP contribution is 2.13. The van der Waals surface area contributed by atoms with Gasteiger partial charge in [-0.1, -0.05) is 11.6 Å². The molecule has 0 aromatic heterocycles. The first-order valence-corrected chi connectivity index (χ1v) is 5.57. The van der Waals surface area contributed by atoms with Gasteiger partial charge in [-0.2, -0.15) is 5.10 Å². The van der Waals surface area contributed by atoms with E-state index in [1.54, 1.807) is 0 Å². The molecule has 1 aliphatic heterocycles. The monoisotopic (exact) mass is 267 g/mol. The summed E-state index contributed by atoms with van der Waals surface area (Å²) in [6.45, 7) is 1.47. The number of non-ortho nitro benzene ring substituents is 1. The number of nitrogens with zero attached hydrogens (tertiary/aromatic N) is 3. The highest BCUT2D eigenvalue weighted by molar-refractivity contribution is 6.69. The topological polar surface area (TPSA) is 91.9 Å². The fourth-order valence-corrected chi connectivity index (χ4v) is 1.53. The summed E-state index contributed by atoms with van der Waals surface area (Å²) in [6, 6.07) is 5.82. The second-order valence-corrected chi connectivity index (χ2v) is 3.83. The van der Waals surface area contributed by atoms with E-state index in [1.165, 1.54) is 24.3 Å². The average molecular weight is 268 g/mol. The Morgan fingerprint density at radius 3 is 2.78 bits per heavy atom. The van der Waals surface area contributed by atoms with Crippen LogP contribution < -0.4 is 10.7 Å². The molecule has 2 rings (SSSR count). The number of hydrazone groups is 1. The molecule has 7 nitrogen and oxygen atoms in total. The van der Waals surface area contributed by atoms with Crippen LogP contribution in [0.3, 0.4) is 0 Å². The maximum absolute atomic E-state index is 10.5. The third-order valence-corrected chi connectivity index (χ3v) is 2.55. The van der Waals surface area contributed by atoms with Crippen LogP contribution in [-0.2, 0) is 0 Å². The summed E-state index contributed by atoms with van der Waals surface area (Å²) in [5, 5.41) is 17.6. The summed E-state index contributed by atoms with van der Waals surface area (Å²) in [4.78, 5) is 14.1. The molecule has 0 radical (unpaired) electrons. The van der Waals surface area contributed by atoms with E-state index >= 15 is 0 Å². The number of nitrogens with one attached hydrogen (secondary N) is 2. The molecule has 0 amide bonds. The predicted molar refractivity (Wildman–Crippen MR) is 68.9 cm³/mol. The van der Waals surface area contributed by atoms with Crippen molar-refractivity contribution in [2.75, 3.05) is 13.1 Å². The molecular weight excluding hydrogens is 258 g/mol. The van der Waals surface area contributed by atoms with Gasteiger partial charge in [-0.25, -0.2) is 10.4 Å². The summed E-state index contributed by atoms with van der Waals surface area (Å²) in [7, 11) is 0. The summed E-state index contributed by atoms with van der Waals surface area (Å²) < 4.78 is 0. The third kappa shape index (κ3) is 2.95. The highest BCUT2D eigenvalue weighted by atomic mass is 35.5. The molecule has 0 atom stereocenters. The van der Waals surface area contributed by atoms with Gasteiger partial charge in [0.05, 0.1) is 11.5 Å². The van der Waals surface area contributed by atoms with Gasteiger partial charge in [0.25, 0.3) is 5.69 Å². The van der Waals surface area contributed by atoms with Gasteiger partial charge in [-0.3, -0.25) is 10.1 Å². The zero-order chi connectivity index (χ0) is 13.0. The summed E-state index contributed by atoms with van der Waals surface area (Å²) in [5.74, 6) is 0.565. The zero-order valence-corrected chi connectivity index (χ0v) is 10.0. The van der Waals surface area contributed by atoms with E-state index in [4.69, 9.17) is 11.6 Å². The van der Waals surface area contributed by atoms with Crippen molar-refractivity contribution in [1.82, 2.24) is 10.7 Å². The number of halogens is 1. The Kier molecular flexibility index (Phi) is 3.73. The number of aliphatic imine (C=N–C) groups is 1. The highest BCUT2D eigenvalue weighted by Gasteiger charge is 2.07. The molecule has 1 aromatic carbocycles. The van der Waals surface area contributed by atoms with Crippen LogP contribution >= 0.6 is 11.6 Å². The molecule has 0 saturated heterocycles. The number of guanidine groups is 1. The van der Waals surface area contributed by atoms with Gasteiger partial charge in [-0.15, -0.1) is 0 Å². The minimum Gasteiger partial charge on any atom is -0.353 e. The molecule has 18 heavy (non-hydrogen) atoms. The number of benzene rings is 1. The largest absolute Gasteiger partial charge is 0.353 e. The van der Waals surface area contributed by atoms with E-state index in [9.17, 15) is 10.1 Å². The van der Waals surface area contributed by atoms with Crippen LogP contribution in [0.5, 0.6) is 0 Å². The lowest BCUT2D eigenvalue weighted by atomic mass is 10.2. The molecule has 1 heterocycles. The molecule has 94 valence electrons. The maximum atomic E-state index is 10.5. The average Bonchev–Trinajstić information content (AvgIpc) is 2.89. The van der Waals surface area contributed by atoms with Crippen molar-refractivity contribution in [2.45, 2.75) is 0 Å². The van der Waals surface area contributed by atoms with E-state index in [0.717, 1.165) is 6.54 Å². The Morgan fingerprint density at radius 1 is 1.50 bits per heavy atom. The van der Waals surface area contributed by atoms with Crippen molar-refractivity contribution in [3.63, 3.8) is 0 Å². The van der Waals surface area contributed by atoms with Crippen molar-refractivity contribution in [1.29, 1.82) is 0 Å². The van der Waals surface area contributed by atoms with Gasteiger partial charge in [0.15, 0.2) is 5.17 Å². The molecule has 2 N–H and O–H groups in total. The maximum Gasteiger partial charge on any atom is 0.269 e. The minimum absolute atomic E-state index is 0.0120. The van der Waals surface area contributed by atoms with Crippen LogP contribution in [0.15, 0.2) is 34.4 Å². The second kappa shape index (κ2) is 5.46. The molecule has 0 saturated carbocycles. The zero-order valence-electron chi connectivity index (χ0n) is 9.26. The molecule has 0 spiro atoms. The van der Waals surface area contributed by atoms with Crippen molar-refractivity contribution in [3.05, 3.63) is 39.9 Å². The van der Waals surface area contributed by atoms with Gasteiger partial charge >= 0.3 is 0 Å². The van der Waals surface area contributed by atoms with Crippen LogP contribution in [-0.4, -0.2) is 29.1 Å². The number of nitro benzene ring substituents is 1. The van der Waals surface area contributed by atoms with Gasteiger partial charge < -0.3 is 5.32 Å². The predicted octanol–water partition coefficient (Wildman–Crippen LogP) is 1.04. The van der Waals surface area contributed by atoms with Crippen LogP contribution in [0.4, 0.5) is 5.69 Å². The quantitative estimate of drug-likeness (QED) is 0.486. The van der Waals surface area contributed by atoms with E-state index in [-0.39, 0.29) is 10.9 Å². The standard InChI is InChI=1S/C10H10ClN5O2/c11-9(14-15-10-12-5-6-13-10)7-1-3-8(4-2-7)16(17)18/h1-4H,5-6H2,(H2,12,13,15). The Labute approximate surface area is 108 Å². The third-order valence-electron chi connectivity index (χ3n) is 2.25. The molecule has 1 aromatic rings. The van der Waals surface area contributed by atoms with E-state index in [1.807, 2.05) is 0 Å². The van der Waals surface area contributed by atoms with Gasteiger partial charge in [-0.05, 0) is 12.1 Å². The molecule has 0 unspecified atom stereocenters.